The molecule has 1 amide bonds. The van der Waals surface area contributed by atoms with Crippen LogP contribution < -0.4 is 10.6 Å². The first-order valence-corrected chi connectivity index (χ1v) is 5.96. The molecule has 0 aromatic heterocycles. The van der Waals surface area contributed by atoms with E-state index in [1.165, 1.54) is 0 Å². The third kappa shape index (κ3) is 4.97. The Kier molecular flexibility index (Phi) is 5.65. The molecule has 0 atom stereocenters. The summed E-state index contributed by atoms with van der Waals surface area (Å²) in [5.41, 5.74) is -0.623. The van der Waals surface area contributed by atoms with Gasteiger partial charge in [0.1, 0.15) is 0 Å². The van der Waals surface area contributed by atoms with Crippen molar-refractivity contribution in [3.63, 3.8) is 0 Å². The summed E-state index contributed by atoms with van der Waals surface area (Å²) in [6.45, 7) is 0.0776. The Hall–Kier alpha value is -1.94. The normalized spacial score (nSPS) is 10.8. The average Bonchev–Trinajstić information content (AvgIpc) is 2.36. The Labute approximate surface area is 118 Å². The molecule has 1 aromatic rings. The number of carbonyl (C=O) groups excluding carboxylic acids is 1. The summed E-state index contributed by atoms with van der Waals surface area (Å²) in [7, 11) is 0. The number of hydrogen-bond donors (Lipinski definition) is 2. The van der Waals surface area contributed by atoms with Gasteiger partial charge in [0.15, 0.2) is 0 Å². The van der Waals surface area contributed by atoms with Gasteiger partial charge in [-0.3, -0.25) is 4.79 Å². The van der Waals surface area contributed by atoms with E-state index < -0.39 is 11.7 Å². The molecule has 0 unspecified atom stereocenters. The standard InChI is InChI=1S/C12H11ClF3N3O/c13-9-6-8(12(14,15)16)2-3-10(9)19-7-11(20)18-5-1-4-17/h2-3,6,19H,1,5,7H2,(H,18,20). The fourth-order valence-electron chi connectivity index (χ4n) is 1.33. The highest BCUT2D eigenvalue weighted by molar-refractivity contribution is 6.33. The highest BCUT2D eigenvalue weighted by atomic mass is 35.5. The number of nitriles is 1. The van der Waals surface area contributed by atoms with Gasteiger partial charge in [-0.2, -0.15) is 18.4 Å². The molecule has 0 heterocycles. The van der Waals surface area contributed by atoms with Crippen LogP contribution in [0, 0.1) is 11.3 Å². The number of rotatable bonds is 5. The van der Waals surface area contributed by atoms with Crippen molar-refractivity contribution in [3.8, 4) is 6.07 Å². The number of carbonyl (C=O) groups is 1. The second kappa shape index (κ2) is 7.01. The largest absolute Gasteiger partial charge is 0.416 e. The number of benzene rings is 1. The molecule has 8 heteroatoms. The van der Waals surface area contributed by atoms with Gasteiger partial charge in [-0.1, -0.05) is 11.6 Å². The van der Waals surface area contributed by atoms with Gasteiger partial charge in [-0.05, 0) is 18.2 Å². The van der Waals surface area contributed by atoms with Gasteiger partial charge in [0.05, 0.1) is 35.3 Å². The van der Waals surface area contributed by atoms with Crippen molar-refractivity contribution >= 4 is 23.2 Å². The number of nitrogens with zero attached hydrogens (tertiary/aromatic N) is 1. The Bertz CT molecular complexity index is 526. The minimum atomic E-state index is -4.46. The predicted octanol–water partition coefficient (Wildman–Crippen LogP) is 2.80. The highest BCUT2D eigenvalue weighted by Crippen LogP contribution is 2.33. The van der Waals surface area contributed by atoms with E-state index in [0.717, 1.165) is 18.2 Å². The molecule has 0 spiro atoms. The fraction of sp³-hybridized carbons (Fsp3) is 0.333. The maximum Gasteiger partial charge on any atom is 0.416 e. The van der Waals surface area contributed by atoms with Crippen molar-refractivity contribution in [2.24, 2.45) is 0 Å². The summed E-state index contributed by atoms with van der Waals surface area (Å²) in [4.78, 5) is 11.3. The number of anilines is 1. The molecule has 108 valence electrons. The molecular weight excluding hydrogens is 295 g/mol. The molecule has 0 aliphatic rings. The minimum absolute atomic E-state index is 0.121. The summed E-state index contributed by atoms with van der Waals surface area (Å²) in [5.74, 6) is -0.379. The van der Waals surface area contributed by atoms with E-state index in [-0.39, 0.29) is 36.1 Å². The average molecular weight is 306 g/mol. The molecule has 0 aliphatic heterocycles. The molecule has 4 nitrogen and oxygen atoms in total. The van der Waals surface area contributed by atoms with Crippen molar-refractivity contribution in [1.82, 2.24) is 5.32 Å². The first-order chi connectivity index (χ1) is 9.34. The fourth-order valence-corrected chi connectivity index (χ4v) is 1.58. The van der Waals surface area contributed by atoms with E-state index >= 15 is 0 Å². The Morgan fingerprint density at radius 2 is 2.10 bits per heavy atom. The highest BCUT2D eigenvalue weighted by Gasteiger charge is 2.30. The minimum Gasteiger partial charge on any atom is -0.375 e. The Balaban J connectivity index is 2.57. The van der Waals surface area contributed by atoms with E-state index in [2.05, 4.69) is 10.6 Å². The van der Waals surface area contributed by atoms with Gasteiger partial charge in [-0.15, -0.1) is 0 Å². The summed E-state index contributed by atoms with van der Waals surface area (Å²) in [6.07, 6.45) is -4.27. The number of amides is 1. The van der Waals surface area contributed by atoms with Crippen LogP contribution in [0.1, 0.15) is 12.0 Å². The maximum absolute atomic E-state index is 12.4. The van der Waals surface area contributed by atoms with Crippen molar-refractivity contribution in [3.05, 3.63) is 28.8 Å². The monoisotopic (exact) mass is 305 g/mol. The molecule has 0 bridgehead atoms. The van der Waals surface area contributed by atoms with E-state index in [4.69, 9.17) is 16.9 Å². The van der Waals surface area contributed by atoms with Gasteiger partial charge in [0.2, 0.25) is 5.91 Å². The van der Waals surface area contributed by atoms with Crippen LogP contribution in [-0.4, -0.2) is 19.0 Å². The topological polar surface area (TPSA) is 64.9 Å². The zero-order valence-electron chi connectivity index (χ0n) is 10.2. The summed E-state index contributed by atoms with van der Waals surface area (Å²) in [6, 6.07) is 4.69. The number of hydrogen-bond acceptors (Lipinski definition) is 3. The molecule has 2 N–H and O–H groups in total. The lowest BCUT2D eigenvalue weighted by molar-refractivity contribution is -0.137. The molecule has 20 heavy (non-hydrogen) atoms. The first-order valence-electron chi connectivity index (χ1n) is 5.59. The van der Waals surface area contributed by atoms with Crippen molar-refractivity contribution in [2.45, 2.75) is 12.6 Å². The third-order valence-electron chi connectivity index (χ3n) is 2.29. The number of alkyl halides is 3. The Morgan fingerprint density at radius 3 is 2.65 bits per heavy atom. The van der Waals surface area contributed by atoms with Gasteiger partial charge < -0.3 is 10.6 Å². The third-order valence-corrected chi connectivity index (χ3v) is 2.61. The molecule has 0 fully saturated rings. The Morgan fingerprint density at radius 1 is 1.40 bits per heavy atom. The van der Waals surface area contributed by atoms with Crippen molar-refractivity contribution in [1.29, 1.82) is 5.26 Å². The van der Waals surface area contributed by atoms with Crippen LogP contribution in [0.3, 0.4) is 0 Å². The molecule has 0 saturated heterocycles. The van der Waals surface area contributed by atoms with Gasteiger partial charge in [0.25, 0.3) is 0 Å². The molecule has 0 aliphatic carbocycles. The summed E-state index contributed by atoms with van der Waals surface area (Å²) >= 11 is 5.71. The zero-order valence-corrected chi connectivity index (χ0v) is 11.0. The van der Waals surface area contributed by atoms with Crippen LogP contribution in [0.2, 0.25) is 5.02 Å². The van der Waals surface area contributed by atoms with Gasteiger partial charge in [0, 0.05) is 6.54 Å². The van der Waals surface area contributed by atoms with E-state index in [0.29, 0.717) is 0 Å². The van der Waals surface area contributed by atoms with Crippen LogP contribution >= 0.6 is 11.6 Å². The van der Waals surface area contributed by atoms with E-state index in [9.17, 15) is 18.0 Å². The molecule has 1 rings (SSSR count). The van der Waals surface area contributed by atoms with E-state index in [1.54, 1.807) is 0 Å². The lowest BCUT2D eigenvalue weighted by Gasteiger charge is -2.11. The number of halogens is 4. The predicted molar refractivity (Wildman–Crippen MR) is 68.2 cm³/mol. The second-order valence-electron chi connectivity index (χ2n) is 3.80. The lowest BCUT2D eigenvalue weighted by atomic mass is 10.2. The smallest absolute Gasteiger partial charge is 0.375 e. The first kappa shape index (κ1) is 16.1. The van der Waals surface area contributed by atoms with Crippen LogP contribution in [-0.2, 0) is 11.0 Å². The second-order valence-corrected chi connectivity index (χ2v) is 4.21. The number of nitrogens with one attached hydrogen (secondary N) is 2. The quantitative estimate of drug-likeness (QED) is 0.822. The van der Waals surface area contributed by atoms with Crippen LogP contribution in [0.4, 0.5) is 18.9 Å². The zero-order chi connectivity index (χ0) is 15.2. The SMILES string of the molecule is N#CCCNC(=O)CNc1ccc(C(F)(F)F)cc1Cl. The van der Waals surface area contributed by atoms with E-state index in [1.807, 2.05) is 6.07 Å². The van der Waals surface area contributed by atoms with Gasteiger partial charge in [-0.25, -0.2) is 0 Å². The van der Waals surface area contributed by atoms with Gasteiger partial charge >= 0.3 is 6.18 Å². The molecule has 0 saturated carbocycles. The van der Waals surface area contributed by atoms with Crippen LogP contribution in [0.15, 0.2) is 18.2 Å². The van der Waals surface area contributed by atoms with Crippen molar-refractivity contribution < 1.29 is 18.0 Å². The maximum atomic E-state index is 12.4. The lowest BCUT2D eigenvalue weighted by Crippen LogP contribution is -2.30. The summed E-state index contributed by atoms with van der Waals surface area (Å²) in [5, 5.41) is 13.3. The van der Waals surface area contributed by atoms with Crippen LogP contribution in [0.25, 0.3) is 0 Å². The van der Waals surface area contributed by atoms with Crippen molar-refractivity contribution in [2.75, 3.05) is 18.4 Å². The van der Waals surface area contributed by atoms with Crippen LogP contribution in [0.5, 0.6) is 0 Å². The molecule has 0 radical (unpaired) electrons. The molecular formula is C12H11ClF3N3O. The summed E-state index contributed by atoms with van der Waals surface area (Å²) < 4.78 is 37.3. The molecule has 1 aromatic carbocycles.